The number of benzene rings is 1. The summed E-state index contributed by atoms with van der Waals surface area (Å²) in [5.41, 5.74) is 0.552. The molecule has 0 saturated carbocycles. The Labute approximate surface area is 112 Å². The van der Waals surface area contributed by atoms with Crippen LogP contribution in [-0.4, -0.2) is 15.2 Å². The average molecular weight is 275 g/mol. The van der Waals surface area contributed by atoms with Crippen LogP contribution in [0.5, 0.6) is 0 Å². The zero-order valence-corrected chi connectivity index (χ0v) is 10.1. The Kier molecular flexibility index (Phi) is 2.85. The van der Waals surface area contributed by atoms with Crippen molar-refractivity contribution in [3.8, 4) is 11.1 Å². The number of alkyl halides is 3. The number of aromatic nitrogens is 3. The van der Waals surface area contributed by atoms with E-state index in [0.717, 1.165) is 6.07 Å². The Morgan fingerprint density at radius 1 is 0.900 bits per heavy atom. The number of para-hydroxylation sites is 1. The van der Waals surface area contributed by atoms with Crippen LogP contribution in [0.4, 0.5) is 13.2 Å². The second-order valence-corrected chi connectivity index (χ2v) is 4.19. The summed E-state index contributed by atoms with van der Waals surface area (Å²) in [6.07, 6.45) is -0.0563. The van der Waals surface area contributed by atoms with Gasteiger partial charge in [-0.3, -0.25) is 4.98 Å². The molecule has 2 aromatic heterocycles. The normalized spacial score (nSPS) is 11.8. The standard InChI is InChI=1S/C14H8F3N3/c15-14(16,17)12-3-1-2-11-10(5-6-18-13(11)12)9-4-7-19-20-8-9/h1-8H. The van der Waals surface area contributed by atoms with E-state index in [1.165, 1.54) is 24.7 Å². The van der Waals surface area contributed by atoms with Gasteiger partial charge >= 0.3 is 6.18 Å². The third kappa shape index (κ3) is 2.09. The molecule has 3 rings (SSSR count). The number of rotatable bonds is 1. The molecule has 0 aliphatic rings. The van der Waals surface area contributed by atoms with Crippen LogP contribution in [0.25, 0.3) is 22.0 Å². The average Bonchev–Trinajstić information content (AvgIpc) is 2.46. The summed E-state index contributed by atoms with van der Waals surface area (Å²) in [6.45, 7) is 0. The summed E-state index contributed by atoms with van der Waals surface area (Å²) < 4.78 is 39.0. The molecular weight excluding hydrogens is 267 g/mol. The molecule has 0 bridgehead atoms. The van der Waals surface area contributed by atoms with Gasteiger partial charge in [0.05, 0.1) is 23.5 Å². The SMILES string of the molecule is FC(F)(F)c1cccc2c(-c3ccnnc3)ccnc12. The van der Waals surface area contributed by atoms with E-state index in [0.29, 0.717) is 16.5 Å². The lowest BCUT2D eigenvalue weighted by molar-refractivity contribution is -0.136. The minimum absolute atomic E-state index is 0.0608. The molecule has 3 nitrogen and oxygen atoms in total. The molecule has 0 aliphatic carbocycles. The van der Waals surface area contributed by atoms with Gasteiger partial charge in [-0.05, 0) is 23.8 Å². The van der Waals surface area contributed by atoms with Crippen molar-refractivity contribution in [2.45, 2.75) is 6.18 Å². The van der Waals surface area contributed by atoms with Gasteiger partial charge in [0, 0.05) is 17.1 Å². The lowest BCUT2D eigenvalue weighted by Gasteiger charge is -2.11. The van der Waals surface area contributed by atoms with E-state index < -0.39 is 11.7 Å². The van der Waals surface area contributed by atoms with Gasteiger partial charge in [0.1, 0.15) is 0 Å². The molecule has 0 spiro atoms. The first kappa shape index (κ1) is 12.5. The van der Waals surface area contributed by atoms with Gasteiger partial charge in [-0.2, -0.15) is 23.4 Å². The van der Waals surface area contributed by atoms with Gasteiger partial charge in [-0.1, -0.05) is 12.1 Å². The molecule has 20 heavy (non-hydrogen) atoms. The number of pyridine rings is 1. The zero-order valence-electron chi connectivity index (χ0n) is 10.1. The van der Waals surface area contributed by atoms with Crippen LogP contribution in [0.3, 0.4) is 0 Å². The first-order valence-electron chi connectivity index (χ1n) is 5.79. The highest BCUT2D eigenvalue weighted by Gasteiger charge is 2.33. The van der Waals surface area contributed by atoms with Gasteiger partial charge < -0.3 is 0 Å². The third-order valence-electron chi connectivity index (χ3n) is 2.97. The van der Waals surface area contributed by atoms with E-state index in [-0.39, 0.29) is 5.52 Å². The van der Waals surface area contributed by atoms with Crippen molar-refractivity contribution in [3.05, 3.63) is 54.5 Å². The summed E-state index contributed by atoms with van der Waals surface area (Å²) in [5.74, 6) is 0. The maximum absolute atomic E-state index is 13.0. The van der Waals surface area contributed by atoms with Crippen LogP contribution in [0.1, 0.15) is 5.56 Å². The van der Waals surface area contributed by atoms with Crippen LogP contribution >= 0.6 is 0 Å². The Bertz CT molecular complexity index is 754. The van der Waals surface area contributed by atoms with Crippen molar-refractivity contribution >= 4 is 10.9 Å². The molecule has 0 N–H and O–H groups in total. The van der Waals surface area contributed by atoms with E-state index in [4.69, 9.17) is 0 Å². The van der Waals surface area contributed by atoms with Crippen molar-refractivity contribution < 1.29 is 13.2 Å². The lowest BCUT2D eigenvalue weighted by Crippen LogP contribution is -2.06. The largest absolute Gasteiger partial charge is 0.418 e. The molecule has 0 amide bonds. The minimum atomic E-state index is -4.43. The van der Waals surface area contributed by atoms with Crippen molar-refractivity contribution in [1.82, 2.24) is 15.2 Å². The van der Waals surface area contributed by atoms with Crippen molar-refractivity contribution in [2.75, 3.05) is 0 Å². The number of halogens is 3. The van der Waals surface area contributed by atoms with Crippen LogP contribution in [0.2, 0.25) is 0 Å². The van der Waals surface area contributed by atoms with E-state index in [1.54, 1.807) is 18.2 Å². The summed E-state index contributed by atoms with van der Waals surface area (Å²) in [6, 6.07) is 7.39. The number of fused-ring (bicyclic) bond motifs is 1. The predicted molar refractivity (Wildman–Crippen MR) is 67.8 cm³/mol. The molecule has 0 atom stereocenters. The number of hydrogen-bond donors (Lipinski definition) is 0. The molecule has 2 heterocycles. The molecule has 0 aliphatic heterocycles. The van der Waals surface area contributed by atoms with E-state index in [1.807, 2.05) is 0 Å². The second kappa shape index (κ2) is 4.56. The second-order valence-electron chi connectivity index (χ2n) is 4.19. The maximum atomic E-state index is 13.0. The third-order valence-corrected chi connectivity index (χ3v) is 2.97. The van der Waals surface area contributed by atoms with E-state index >= 15 is 0 Å². The lowest BCUT2D eigenvalue weighted by atomic mass is 10.0. The van der Waals surface area contributed by atoms with Crippen molar-refractivity contribution in [3.63, 3.8) is 0 Å². The summed E-state index contributed by atoms with van der Waals surface area (Å²) in [7, 11) is 0. The summed E-state index contributed by atoms with van der Waals surface area (Å²) in [5, 5.41) is 7.85. The molecule has 0 radical (unpaired) electrons. The molecule has 3 aromatic rings. The summed E-state index contributed by atoms with van der Waals surface area (Å²) >= 11 is 0. The van der Waals surface area contributed by atoms with Gasteiger partial charge in [-0.15, -0.1) is 0 Å². The number of nitrogens with zero attached hydrogens (tertiary/aromatic N) is 3. The zero-order chi connectivity index (χ0) is 14.2. The van der Waals surface area contributed by atoms with Gasteiger partial charge in [0.2, 0.25) is 0 Å². The maximum Gasteiger partial charge on any atom is 0.418 e. The Morgan fingerprint density at radius 3 is 2.45 bits per heavy atom. The number of hydrogen-bond acceptors (Lipinski definition) is 3. The van der Waals surface area contributed by atoms with E-state index in [9.17, 15) is 13.2 Å². The fraction of sp³-hybridized carbons (Fsp3) is 0.0714. The predicted octanol–water partition coefficient (Wildman–Crippen LogP) is 3.71. The van der Waals surface area contributed by atoms with Crippen LogP contribution in [0.15, 0.2) is 48.9 Å². The Hall–Kier alpha value is -2.50. The molecule has 0 unspecified atom stereocenters. The van der Waals surface area contributed by atoms with Gasteiger partial charge in [0.15, 0.2) is 0 Å². The van der Waals surface area contributed by atoms with Gasteiger partial charge in [-0.25, -0.2) is 0 Å². The molecule has 0 fully saturated rings. The van der Waals surface area contributed by atoms with Crippen LogP contribution in [0, 0.1) is 0 Å². The van der Waals surface area contributed by atoms with Crippen molar-refractivity contribution in [2.24, 2.45) is 0 Å². The molecule has 6 heteroatoms. The highest BCUT2D eigenvalue weighted by Crippen LogP contribution is 2.36. The Morgan fingerprint density at radius 2 is 1.75 bits per heavy atom. The molecule has 0 saturated heterocycles. The topological polar surface area (TPSA) is 38.7 Å². The van der Waals surface area contributed by atoms with Crippen LogP contribution in [-0.2, 0) is 6.18 Å². The molecule has 1 aromatic carbocycles. The summed E-state index contributed by atoms with van der Waals surface area (Å²) in [4.78, 5) is 3.88. The first-order valence-corrected chi connectivity index (χ1v) is 5.79. The fourth-order valence-electron chi connectivity index (χ4n) is 2.11. The quantitative estimate of drug-likeness (QED) is 0.679. The Balaban J connectivity index is 2.32. The highest BCUT2D eigenvalue weighted by atomic mass is 19.4. The molecular formula is C14H8F3N3. The van der Waals surface area contributed by atoms with E-state index in [2.05, 4.69) is 15.2 Å². The van der Waals surface area contributed by atoms with Gasteiger partial charge in [0.25, 0.3) is 0 Å². The minimum Gasteiger partial charge on any atom is -0.256 e. The van der Waals surface area contributed by atoms with Crippen LogP contribution < -0.4 is 0 Å². The first-order chi connectivity index (χ1) is 9.57. The fourth-order valence-corrected chi connectivity index (χ4v) is 2.11. The molecule has 100 valence electrons. The monoisotopic (exact) mass is 275 g/mol. The smallest absolute Gasteiger partial charge is 0.256 e. The van der Waals surface area contributed by atoms with Crippen molar-refractivity contribution in [1.29, 1.82) is 0 Å². The highest BCUT2D eigenvalue weighted by molar-refractivity contribution is 5.95.